The van der Waals surface area contributed by atoms with Gasteiger partial charge in [0, 0.05) is 13.0 Å². The summed E-state index contributed by atoms with van der Waals surface area (Å²) in [5, 5.41) is 8.87. The lowest BCUT2D eigenvalue weighted by Gasteiger charge is -2.29. The first-order valence-electron chi connectivity index (χ1n) is 6.25. The van der Waals surface area contributed by atoms with Crippen molar-refractivity contribution in [2.75, 3.05) is 19.7 Å². The van der Waals surface area contributed by atoms with E-state index in [4.69, 9.17) is 10.00 Å². The fourth-order valence-corrected chi connectivity index (χ4v) is 2.04. The number of carbonyl (C=O) groups is 1. The summed E-state index contributed by atoms with van der Waals surface area (Å²) in [6.07, 6.45) is 1.07. The number of hydrogen-bond donors (Lipinski definition) is 0. The van der Waals surface area contributed by atoms with Crippen LogP contribution in [0.15, 0.2) is 24.3 Å². The van der Waals surface area contributed by atoms with Crippen LogP contribution in [0.2, 0.25) is 0 Å². The van der Waals surface area contributed by atoms with Gasteiger partial charge in [-0.15, -0.1) is 0 Å². The second-order valence-corrected chi connectivity index (χ2v) is 4.51. The highest BCUT2D eigenvalue weighted by atomic mass is 19.1. The fraction of sp³-hybridized carbons (Fsp3) is 0.429. The summed E-state index contributed by atoms with van der Waals surface area (Å²) >= 11 is 0. The Morgan fingerprint density at radius 3 is 2.84 bits per heavy atom. The molecule has 1 aromatic rings. The number of carbonyl (C=O) groups excluding carboxylic acids is 1. The number of amides is 1. The number of ether oxygens (including phenoxy) is 1. The molecule has 0 aliphatic carbocycles. The molecule has 19 heavy (non-hydrogen) atoms. The van der Waals surface area contributed by atoms with Crippen LogP contribution in [-0.2, 0) is 4.79 Å². The monoisotopic (exact) mass is 262 g/mol. The Kier molecular flexibility index (Phi) is 4.35. The number of nitrogens with zero attached hydrogens (tertiary/aromatic N) is 2. The molecule has 4 nitrogen and oxygen atoms in total. The Labute approximate surface area is 111 Å². The summed E-state index contributed by atoms with van der Waals surface area (Å²) < 4.78 is 18.1. The normalized spacial score (nSPS) is 19.1. The number of rotatable bonds is 4. The Bertz CT molecular complexity index is 481. The van der Waals surface area contributed by atoms with Crippen LogP contribution in [-0.4, -0.2) is 30.5 Å². The van der Waals surface area contributed by atoms with E-state index >= 15 is 0 Å². The standard InChI is InChI=1S/C14H15FN2O2/c15-12-2-4-13(5-3-12)19-8-7-17-10-11(9-16)1-6-14(17)18/h2-5,11H,1,6-8,10H2. The van der Waals surface area contributed by atoms with Crippen molar-refractivity contribution in [1.29, 1.82) is 5.26 Å². The van der Waals surface area contributed by atoms with Crippen molar-refractivity contribution >= 4 is 5.91 Å². The van der Waals surface area contributed by atoms with Gasteiger partial charge in [-0.1, -0.05) is 0 Å². The van der Waals surface area contributed by atoms with E-state index in [9.17, 15) is 9.18 Å². The van der Waals surface area contributed by atoms with E-state index in [-0.39, 0.29) is 17.6 Å². The molecule has 1 aliphatic rings. The van der Waals surface area contributed by atoms with E-state index in [1.165, 1.54) is 12.1 Å². The fourth-order valence-electron chi connectivity index (χ4n) is 2.04. The van der Waals surface area contributed by atoms with Gasteiger partial charge in [-0.05, 0) is 30.7 Å². The van der Waals surface area contributed by atoms with Gasteiger partial charge in [0.15, 0.2) is 0 Å². The van der Waals surface area contributed by atoms with Crippen molar-refractivity contribution < 1.29 is 13.9 Å². The molecule has 1 heterocycles. The van der Waals surface area contributed by atoms with Gasteiger partial charge in [-0.25, -0.2) is 4.39 Å². The van der Waals surface area contributed by atoms with Crippen molar-refractivity contribution in [3.05, 3.63) is 30.1 Å². The van der Waals surface area contributed by atoms with Crippen LogP contribution in [0, 0.1) is 23.1 Å². The minimum Gasteiger partial charge on any atom is -0.492 e. The highest BCUT2D eigenvalue weighted by Gasteiger charge is 2.24. The minimum atomic E-state index is -0.310. The summed E-state index contributed by atoms with van der Waals surface area (Å²) in [6.45, 7) is 1.27. The molecule has 0 radical (unpaired) electrons. The molecule has 1 unspecified atom stereocenters. The molecule has 5 heteroatoms. The molecule has 1 atom stereocenters. The lowest BCUT2D eigenvalue weighted by molar-refractivity contribution is -0.134. The third-order valence-electron chi connectivity index (χ3n) is 3.13. The van der Waals surface area contributed by atoms with E-state index in [1.54, 1.807) is 17.0 Å². The van der Waals surface area contributed by atoms with E-state index in [1.807, 2.05) is 0 Å². The van der Waals surface area contributed by atoms with Crippen LogP contribution in [0.5, 0.6) is 5.75 Å². The quantitative estimate of drug-likeness (QED) is 0.833. The topological polar surface area (TPSA) is 53.3 Å². The number of nitriles is 1. The summed E-state index contributed by atoms with van der Waals surface area (Å²) in [6, 6.07) is 7.94. The van der Waals surface area contributed by atoms with Gasteiger partial charge < -0.3 is 9.64 Å². The van der Waals surface area contributed by atoms with Gasteiger partial charge in [0.05, 0.1) is 18.5 Å². The van der Waals surface area contributed by atoms with Crippen molar-refractivity contribution in [3.63, 3.8) is 0 Å². The largest absolute Gasteiger partial charge is 0.492 e. The van der Waals surface area contributed by atoms with Crippen LogP contribution in [0.1, 0.15) is 12.8 Å². The van der Waals surface area contributed by atoms with Crippen molar-refractivity contribution in [3.8, 4) is 11.8 Å². The molecule has 0 spiro atoms. The van der Waals surface area contributed by atoms with Crippen molar-refractivity contribution in [2.45, 2.75) is 12.8 Å². The zero-order chi connectivity index (χ0) is 13.7. The van der Waals surface area contributed by atoms with E-state index in [0.717, 1.165) is 0 Å². The second-order valence-electron chi connectivity index (χ2n) is 4.51. The molecule has 100 valence electrons. The van der Waals surface area contributed by atoms with Crippen molar-refractivity contribution in [2.24, 2.45) is 5.92 Å². The molecule has 1 aromatic carbocycles. The highest BCUT2D eigenvalue weighted by molar-refractivity contribution is 5.77. The Hall–Kier alpha value is -2.09. The van der Waals surface area contributed by atoms with Crippen LogP contribution in [0.3, 0.4) is 0 Å². The summed E-state index contributed by atoms with van der Waals surface area (Å²) in [5.74, 6) is 0.246. The third kappa shape index (κ3) is 3.68. The molecule has 1 saturated heterocycles. The smallest absolute Gasteiger partial charge is 0.222 e. The maximum absolute atomic E-state index is 12.7. The lowest BCUT2D eigenvalue weighted by Crippen LogP contribution is -2.41. The number of halogens is 1. The van der Waals surface area contributed by atoms with Gasteiger partial charge in [0.2, 0.25) is 5.91 Å². The van der Waals surface area contributed by atoms with Crippen LogP contribution in [0.25, 0.3) is 0 Å². The van der Waals surface area contributed by atoms with Crippen molar-refractivity contribution in [1.82, 2.24) is 4.90 Å². The zero-order valence-electron chi connectivity index (χ0n) is 10.5. The van der Waals surface area contributed by atoms with E-state index in [0.29, 0.717) is 38.3 Å². The summed E-state index contributed by atoms with van der Waals surface area (Å²) in [5.41, 5.74) is 0. The molecule has 0 N–H and O–H groups in total. The molecule has 1 amide bonds. The number of piperidine rings is 1. The van der Waals surface area contributed by atoms with Gasteiger partial charge in [0.1, 0.15) is 18.2 Å². The summed E-state index contributed by atoms with van der Waals surface area (Å²) in [7, 11) is 0. The molecule has 2 rings (SSSR count). The SMILES string of the molecule is N#CC1CCC(=O)N(CCOc2ccc(F)cc2)C1. The zero-order valence-corrected chi connectivity index (χ0v) is 10.5. The number of likely N-dealkylation sites (tertiary alicyclic amines) is 1. The molecule has 0 saturated carbocycles. The first kappa shape index (κ1) is 13.3. The minimum absolute atomic E-state index is 0.0641. The Morgan fingerprint density at radius 2 is 2.16 bits per heavy atom. The first-order chi connectivity index (χ1) is 9.19. The molecule has 0 aromatic heterocycles. The number of hydrogen-bond acceptors (Lipinski definition) is 3. The van der Waals surface area contributed by atoms with Gasteiger partial charge in [0.25, 0.3) is 0 Å². The lowest BCUT2D eigenvalue weighted by atomic mass is 9.99. The van der Waals surface area contributed by atoms with E-state index in [2.05, 4.69) is 6.07 Å². The van der Waals surface area contributed by atoms with Crippen LogP contribution >= 0.6 is 0 Å². The third-order valence-corrected chi connectivity index (χ3v) is 3.13. The highest BCUT2D eigenvalue weighted by Crippen LogP contribution is 2.17. The first-order valence-corrected chi connectivity index (χ1v) is 6.25. The molecule has 1 fully saturated rings. The molecule has 0 bridgehead atoms. The predicted octanol–water partition coefficient (Wildman–Crippen LogP) is 1.97. The van der Waals surface area contributed by atoms with E-state index < -0.39 is 0 Å². The molecular formula is C14H15FN2O2. The van der Waals surface area contributed by atoms with Crippen LogP contribution < -0.4 is 4.74 Å². The molecule has 1 aliphatic heterocycles. The predicted molar refractivity (Wildman–Crippen MR) is 66.8 cm³/mol. The van der Waals surface area contributed by atoms with Gasteiger partial charge in [-0.2, -0.15) is 5.26 Å². The maximum atomic E-state index is 12.7. The summed E-state index contributed by atoms with van der Waals surface area (Å²) in [4.78, 5) is 13.3. The second kappa shape index (κ2) is 6.19. The van der Waals surface area contributed by atoms with Gasteiger partial charge >= 0.3 is 0 Å². The molecular weight excluding hydrogens is 247 g/mol. The van der Waals surface area contributed by atoms with Gasteiger partial charge in [-0.3, -0.25) is 4.79 Å². The Morgan fingerprint density at radius 1 is 1.42 bits per heavy atom. The average molecular weight is 262 g/mol. The average Bonchev–Trinajstić information content (AvgIpc) is 2.43. The number of benzene rings is 1. The van der Waals surface area contributed by atoms with Crippen LogP contribution in [0.4, 0.5) is 4.39 Å². The maximum Gasteiger partial charge on any atom is 0.222 e. The Balaban J connectivity index is 1.80.